The zero-order valence-corrected chi connectivity index (χ0v) is 18.7. The summed E-state index contributed by atoms with van der Waals surface area (Å²) in [6.45, 7) is 2.10. The quantitative estimate of drug-likeness (QED) is 0.276. The standard InChI is InChI=1S/C19H33N5O.HI/c1-20-19(24(3)15-17-10-7-13-23(17)2)22-12-11-21-18(25)14-16-8-5-4-6-9-16;/h7,10,13,16H,4-6,8-9,11-12,14-15H2,1-3H3,(H,20,22)(H,21,25);1H. The summed E-state index contributed by atoms with van der Waals surface area (Å²) in [6, 6.07) is 4.15. The van der Waals surface area contributed by atoms with E-state index < -0.39 is 0 Å². The van der Waals surface area contributed by atoms with Gasteiger partial charge in [-0.1, -0.05) is 19.3 Å². The molecule has 1 aliphatic rings. The first-order valence-electron chi connectivity index (χ1n) is 9.39. The number of hydrogen-bond donors (Lipinski definition) is 2. The van der Waals surface area contributed by atoms with Crippen molar-refractivity contribution in [2.75, 3.05) is 27.2 Å². The van der Waals surface area contributed by atoms with Crippen molar-refractivity contribution in [1.82, 2.24) is 20.1 Å². The molecule has 1 aromatic rings. The molecule has 2 N–H and O–H groups in total. The van der Waals surface area contributed by atoms with Crippen LogP contribution < -0.4 is 10.6 Å². The van der Waals surface area contributed by atoms with Crippen LogP contribution in [0.15, 0.2) is 23.3 Å². The number of nitrogens with one attached hydrogen (secondary N) is 2. The molecule has 26 heavy (non-hydrogen) atoms. The molecule has 0 spiro atoms. The van der Waals surface area contributed by atoms with Gasteiger partial charge in [0.25, 0.3) is 0 Å². The van der Waals surface area contributed by atoms with E-state index in [4.69, 9.17) is 0 Å². The highest BCUT2D eigenvalue weighted by Gasteiger charge is 2.16. The molecule has 1 fully saturated rings. The molecule has 0 radical (unpaired) electrons. The Morgan fingerprint density at radius 3 is 2.58 bits per heavy atom. The van der Waals surface area contributed by atoms with Gasteiger partial charge in [-0.2, -0.15) is 0 Å². The molecule has 0 aromatic carbocycles. The van der Waals surface area contributed by atoms with Crippen LogP contribution in [-0.2, 0) is 18.4 Å². The topological polar surface area (TPSA) is 61.7 Å². The van der Waals surface area contributed by atoms with E-state index in [9.17, 15) is 4.79 Å². The van der Waals surface area contributed by atoms with Crippen LogP contribution in [0, 0.1) is 5.92 Å². The first-order valence-corrected chi connectivity index (χ1v) is 9.39. The summed E-state index contributed by atoms with van der Waals surface area (Å²) in [5.74, 6) is 1.61. The summed E-state index contributed by atoms with van der Waals surface area (Å²) in [7, 11) is 5.84. The van der Waals surface area contributed by atoms with Crippen LogP contribution in [-0.4, -0.2) is 48.5 Å². The average Bonchev–Trinajstić information content (AvgIpc) is 3.00. The highest BCUT2D eigenvalue weighted by atomic mass is 127. The molecule has 0 bridgehead atoms. The number of hydrogen-bond acceptors (Lipinski definition) is 2. The maximum absolute atomic E-state index is 12.0. The van der Waals surface area contributed by atoms with Gasteiger partial charge in [-0.25, -0.2) is 0 Å². The Morgan fingerprint density at radius 2 is 1.96 bits per heavy atom. The number of carbonyl (C=O) groups is 1. The number of nitrogens with zero attached hydrogens (tertiary/aromatic N) is 3. The highest BCUT2D eigenvalue weighted by molar-refractivity contribution is 14.0. The van der Waals surface area contributed by atoms with Crippen LogP contribution in [0.25, 0.3) is 0 Å². The van der Waals surface area contributed by atoms with E-state index in [0.717, 1.165) is 12.5 Å². The number of halogens is 1. The molecular formula is C19H34IN5O. The lowest BCUT2D eigenvalue weighted by Gasteiger charge is -2.23. The van der Waals surface area contributed by atoms with E-state index in [1.165, 1.54) is 37.8 Å². The number of aromatic nitrogens is 1. The van der Waals surface area contributed by atoms with Gasteiger partial charge in [-0.05, 0) is 30.9 Å². The number of guanidine groups is 1. The lowest BCUT2D eigenvalue weighted by Crippen LogP contribution is -2.42. The highest BCUT2D eigenvalue weighted by Crippen LogP contribution is 2.25. The minimum atomic E-state index is 0. The lowest BCUT2D eigenvalue weighted by atomic mass is 9.87. The Bertz CT molecular complexity index is 566. The third-order valence-electron chi connectivity index (χ3n) is 4.95. The molecule has 148 valence electrons. The van der Waals surface area contributed by atoms with Gasteiger partial charge in [0.15, 0.2) is 5.96 Å². The molecule has 1 aliphatic carbocycles. The minimum Gasteiger partial charge on any atom is -0.354 e. The van der Waals surface area contributed by atoms with Crippen molar-refractivity contribution in [3.8, 4) is 0 Å². The Hall–Kier alpha value is -1.25. The number of aryl methyl sites for hydroxylation is 1. The first kappa shape index (κ1) is 22.8. The molecule has 0 aliphatic heterocycles. The van der Waals surface area contributed by atoms with E-state index >= 15 is 0 Å². The van der Waals surface area contributed by atoms with Crippen molar-refractivity contribution in [3.63, 3.8) is 0 Å². The van der Waals surface area contributed by atoms with Crippen molar-refractivity contribution in [1.29, 1.82) is 0 Å². The number of amides is 1. The Morgan fingerprint density at radius 1 is 1.27 bits per heavy atom. The average molecular weight is 475 g/mol. The molecule has 1 amide bonds. The van der Waals surface area contributed by atoms with Crippen LogP contribution in [0.1, 0.15) is 44.2 Å². The van der Waals surface area contributed by atoms with Crippen molar-refractivity contribution < 1.29 is 4.79 Å². The van der Waals surface area contributed by atoms with Crippen LogP contribution in [0.3, 0.4) is 0 Å². The first-order chi connectivity index (χ1) is 12.1. The van der Waals surface area contributed by atoms with Gasteiger partial charge in [-0.15, -0.1) is 24.0 Å². The summed E-state index contributed by atoms with van der Waals surface area (Å²) in [5.41, 5.74) is 1.23. The summed E-state index contributed by atoms with van der Waals surface area (Å²) in [5, 5.41) is 6.34. The Balaban J connectivity index is 0.00000338. The number of carbonyl (C=O) groups excluding carboxylic acids is 1. The van der Waals surface area contributed by atoms with Gasteiger partial charge < -0.3 is 20.1 Å². The molecule has 0 saturated heterocycles. The third-order valence-corrected chi connectivity index (χ3v) is 4.95. The minimum absolute atomic E-state index is 0. The number of aliphatic imine (C=N–C) groups is 1. The van der Waals surface area contributed by atoms with Gasteiger partial charge in [0, 0.05) is 52.5 Å². The van der Waals surface area contributed by atoms with E-state index in [0.29, 0.717) is 25.4 Å². The second-order valence-electron chi connectivity index (χ2n) is 7.00. The molecule has 2 rings (SSSR count). The normalized spacial score (nSPS) is 15.3. The van der Waals surface area contributed by atoms with Gasteiger partial charge in [0.2, 0.25) is 5.91 Å². The monoisotopic (exact) mass is 475 g/mol. The summed E-state index contributed by atoms with van der Waals surface area (Å²) >= 11 is 0. The van der Waals surface area contributed by atoms with Gasteiger partial charge in [0.05, 0.1) is 6.54 Å². The molecule has 0 unspecified atom stereocenters. The fourth-order valence-electron chi connectivity index (χ4n) is 3.47. The molecule has 1 aromatic heterocycles. The van der Waals surface area contributed by atoms with Gasteiger partial charge in [0.1, 0.15) is 0 Å². The fraction of sp³-hybridized carbons (Fsp3) is 0.684. The zero-order chi connectivity index (χ0) is 18.1. The summed E-state index contributed by atoms with van der Waals surface area (Å²) in [4.78, 5) is 18.4. The maximum atomic E-state index is 12.0. The van der Waals surface area contributed by atoms with Crippen LogP contribution in [0.5, 0.6) is 0 Å². The molecular weight excluding hydrogens is 441 g/mol. The largest absolute Gasteiger partial charge is 0.354 e. The Labute approximate surface area is 174 Å². The summed E-state index contributed by atoms with van der Waals surface area (Å²) in [6.07, 6.45) is 9.04. The molecule has 7 heteroatoms. The smallest absolute Gasteiger partial charge is 0.220 e. The maximum Gasteiger partial charge on any atom is 0.220 e. The van der Waals surface area contributed by atoms with Crippen molar-refractivity contribution >= 4 is 35.8 Å². The van der Waals surface area contributed by atoms with Gasteiger partial charge >= 0.3 is 0 Å². The van der Waals surface area contributed by atoms with E-state index in [-0.39, 0.29) is 29.9 Å². The molecule has 0 atom stereocenters. The third kappa shape index (κ3) is 7.55. The van der Waals surface area contributed by atoms with E-state index in [1.807, 2.05) is 26.4 Å². The number of rotatable bonds is 7. The predicted molar refractivity (Wildman–Crippen MR) is 118 cm³/mol. The lowest BCUT2D eigenvalue weighted by molar-refractivity contribution is -0.122. The molecule has 1 heterocycles. The molecule has 1 saturated carbocycles. The van der Waals surface area contributed by atoms with Crippen molar-refractivity contribution in [2.45, 2.75) is 45.1 Å². The van der Waals surface area contributed by atoms with Crippen LogP contribution in [0.4, 0.5) is 0 Å². The van der Waals surface area contributed by atoms with E-state index in [2.05, 4.69) is 31.2 Å². The fourth-order valence-corrected chi connectivity index (χ4v) is 3.47. The summed E-state index contributed by atoms with van der Waals surface area (Å²) < 4.78 is 2.11. The van der Waals surface area contributed by atoms with Crippen molar-refractivity contribution in [3.05, 3.63) is 24.0 Å². The van der Waals surface area contributed by atoms with E-state index in [1.54, 1.807) is 7.05 Å². The molecule has 6 nitrogen and oxygen atoms in total. The Kier molecular flexibility index (Phi) is 10.7. The van der Waals surface area contributed by atoms with Crippen molar-refractivity contribution in [2.24, 2.45) is 18.0 Å². The predicted octanol–water partition coefficient (Wildman–Crippen LogP) is 2.74. The second kappa shape index (κ2) is 12.2. The van der Waals surface area contributed by atoms with Gasteiger partial charge in [-0.3, -0.25) is 9.79 Å². The van der Waals surface area contributed by atoms with Crippen LogP contribution in [0.2, 0.25) is 0 Å². The van der Waals surface area contributed by atoms with Crippen LogP contribution >= 0.6 is 24.0 Å². The zero-order valence-electron chi connectivity index (χ0n) is 16.3. The SMILES string of the molecule is CN=C(NCCNC(=O)CC1CCCCC1)N(C)Cc1cccn1C.I. The second-order valence-corrected chi connectivity index (χ2v) is 7.00.